The number of anilines is 3. The first-order valence-corrected chi connectivity index (χ1v) is 14.3. The number of rotatable bonds is 8. The lowest BCUT2D eigenvalue weighted by Crippen LogP contribution is -2.37. The molecular weight excluding hydrogens is 498 g/mol. The number of benzene rings is 4. The lowest BCUT2D eigenvalue weighted by atomic mass is 10.1. The minimum atomic E-state index is -3.88. The normalized spacial score (nSPS) is 11.7. The van der Waals surface area contributed by atoms with Crippen LogP contribution in [-0.4, -0.2) is 35.5 Å². The first-order valence-electron chi connectivity index (χ1n) is 11.0. The molecule has 0 radical (unpaired) electrons. The fourth-order valence-electron chi connectivity index (χ4n) is 3.68. The van der Waals surface area contributed by atoms with Crippen LogP contribution in [0, 0.1) is 6.92 Å². The summed E-state index contributed by atoms with van der Waals surface area (Å²) in [5.74, 6) is -0.564. The van der Waals surface area contributed by atoms with Crippen LogP contribution in [0.2, 0.25) is 0 Å². The van der Waals surface area contributed by atoms with Crippen LogP contribution in [0.4, 0.5) is 17.1 Å². The van der Waals surface area contributed by atoms with Gasteiger partial charge in [-0.05, 0) is 54.8 Å². The average Bonchev–Trinajstić information content (AvgIpc) is 2.83. The van der Waals surface area contributed by atoms with Gasteiger partial charge >= 0.3 is 0 Å². The van der Waals surface area contributed by atoms with Crippen molar-refractivity contribution in [1.29, 1.82) is 0 Å². The molecule has 0 unspecified atom stereocenters. The fraction of sp³-hybridized carbons (Fsp3) is 0.115. The number of sulfonamides is 2. The summed E-state index contributed by atoms with van der Waals surface area (Å²) in [5.41, 5.74) is 2.13. The third-order valence-electron chi connectivity index (χ3n) is 5.49. The quantitative estimate of drug-likeness (QED) is 0.357. The fourth-order valence-corrected chi connectivity index (χ4v) is 5.61. The third-order valence-corrected chi connectivity index (χ3v) is 8.01. The Kier molecular flexibility index (Phi) is 7.00. The second-order valence-electron chi connectivity index (χ2n) is 8.31. The second kappa shape index (κ2) is 10.00. The van der Waals surface area contributed by atoms with Crippen molar-refractivity contribution in [2.45, 2.75) is 11.8 Å². The maximum absolute atomic E-state index is 12.9. The third kappa shape index (κ3) is 5.84. The zero-order chi connectivity index (χ0) is 25.9. The number of hydrogen-bond donors (Lipinski definition) is 2. The van der Waals surface area contributed by atoms with Gasteiger partial charge in [-0.15, -0.1) is 0 Å². The minimum Gasteiger partial charge on any atom is -0.325 e. The smallest absolute Gasteiger partial charge is 0.261 e. The van der Waals surface area contributed by atoms with Crippen molar-refractivity contribution in [2.24, 2.45) is 0 Å². The zero-order valence-corrected chi connectivity index (χ0v) is 21.3. The number of hydrogen-bond acceptors (Lipinski definition) is 5. The molecule has 0 heterocycles. The summed E-state index contributed by atoms with van der Waals surface area (Å²) in [6.45, 7) is 1.45. The Hall–Kier alpha value is -3.89. The van der Waals surface area contributed by atoms with Gasteiger partial charge in [-0.3, -0.25) is 13.8 Å². The first kappa shape index (κ1) is 25.2. The van der Waals surface area contributed by atoms with Gasteiger partial charge in [0.1, 0.15) is 6.54 Å². The Morgan fingerprint density at radius 1 is 0.806 bits per heavy atom. The van der Waals surface area contributed by atoms with Gasteiger partial charge in [0.05, 0.1) is 22.5 Å². The van der Waals surface area contributed by atoms with Crippen LogP contribution in [0.1, 0.15) is 5.56 Å². The van der Waals surface area contributed by atoms with Crippen LogP contribution in [0.15, 0.2) is 95.9 Å². The second-order valence-corrected chi connectivity index (χ2v) is 11.9. The Balaban J connectivity index is 1.47. The monoisotopic (exact) mass is 523 g/mol. The lowest BCUT2D eigenvalue weighted by molar-refractivity contribution is -0.114. The van der Waals surface area contributed by atoms with Gasteiger partial charge < -0.3 is 5.32 Å². The van der Waals surface area contributed by atoms with Gasteiger partial charge in [0, 0.05) is 11.1 Å². The molecule has 186 valence electrons. The molecule has 0 aliphatic carbocycles. The Labute approximate surface area is 210 Å². The lowest BCUT2D eigenvalue weighted by Gasteiger charge is -2.22. The van der Waals surface area contributed by atoms with E-state index < -0.39 is 32.5 Å². The molecule has 0 atom stereocenters. The Morgan fingerprint density at radius 2 is 1.44 bits per heavy atom. The summed E-state index contributed by atoms with van der Waals surface area (Å²) in [6.07, 6.45) is 1.03. The molecule has 0 aliphatic rings. The number of fused-ring (bicyclic) bond motifs is 1. The molecule has 0 bridgehead atoms. The van der Waals surface area contributed by atoms with Crippen LogP contribution in [0.5, 0.6) is 0 Å². The van der Waals surface area contributed by atoms with E-state index in [1.54, 1.807) is 36.4 Å². The zero-order valence-electron chi connectivity index (χ0n) is 19.7. The van der Waals surface area contributed by atoms with Crippen molar-refractivity contribution in [3.63, 3.8) is 0 Å². The molecule has 0 aliphatic heterocycles. The summed E-state index contributed by atoms with van der Waals surface area (Å²) in [7, 11) is -7.58. The van der Waals surface area contributed by atoms with E-state index in [9.17, 15) is 21.6 Å². The van der Waals surface area contributed by atoms with Crippen molar-refractivity contribution in [2.75, 3.05) is 27.1 Å². The molecule has 1 amide bonds. The maximum atomic E-state index is 12.9. The molecule has 36 heavy (non-hydrogen) atoms. The highest BCUT2D eigenvalue weighted by molar-refractivity contribution is 7.92. The first-order chi connectivity index (χ1) is 17.0. The van der Waals surface area contributed by atoms with Gasteiger partial charge in [-0.1, -0.05) is 54.1 Å². The summed E-state index contributed by atoms with van der Waals surface area (Å²) < 4.78 is 54.0. The standard InChI is InChI=1S/C26H25N3O5S2/c1-19-10-14-22(15-11-19)29(35(2,31)32)18-26(30)27-21-12-16-23(17-13-21)36(33,34)28-25-9-5-7-20-6-3-4-8-24(20)25/h3-17,28H,18H2,1-2H3,(H,27,30). The molecule has 2 N–H and O–H groups in total. The van der Waals surface area contributed by atoms with Crippen molar-refractivity contribution in [3.8, 4) is 0 Å². The van der Waals surface area contributed by atoms with Gasteiger partial charge in [-0.2, -0.15) is 0 Å². The summed E-state index contributed by atoms with van der Waals surface area (Å²) in [5, 5.41) is 4.30. The van der Waals surface area contributed by atoms with E-state index in [0.29, 0.717) is 17.1 Å². The van der Waals surface area contributed by atoms with Crippen LogP contribution in [-0.2, 0) is 24.8 Å². The minimum absolute atomic E-state index is 0.0193. The number of amides is 1. The van der Waals surface area contributed by atoms with E-state index in [2.05, 4.69) is 10.0 Å². The van der Waals surface area contributed by atoms with E-state index in [1.807, 2.05) is 37.3 Å². The molecule has 0 saturated carbocycles. The van der Waals surface area contributed by atoms with Gasteiger partial charge in [-0.25, -0.2) is 16.8 Å². The van der Waals surface area contributed by atoms with E-state index in [1.165, 1.54) is 24.3 Å². The molecule has 8 nitrogen and oxygen atoms in total. The molecular formula is C26H25N3O5S2. The SMILES string of the molecule is Cc1ccc(N(CC(=O)Nc2ccc(S(=O)(=O)Nc3cccc4ccccc34)cc2)S(C)(=O)=O)cc1. The van der Waals surface area contributed by atoms with Crippen LogP contribution >= 0.6 is 0 Å². The van der Waals surface area contributed by atoms with Gasteiger partial charge in [0.15, 0.2) is 0 Å². The molecule has 0 fully saturated rings. The Bertz CT molecular complexity index is 1610. The van der Waals surface area contributed by atoms with E-state index >= 15 is 0 Å². The van der Waals surface area contributed by atoms with E-state index in [-0.39, 0.29) is 4.90 Å². The van der Waals surface area contributed by atoms with Crippen molar-refractivity contribution >= 4 is 53.8 Å². The maximum Gasteiger partial charge on any atom is 0.261 e. The van der Waals surface area contributed by atoms with Crippen molar-refractivity contribution in [1.82, 2.24) is 0 Å². The molecule has 0 spiro atoms. The summed E-state index contributed by atoms with van der Waals surface area (Å²) >= 11 is 0. The molecule has 10 heteroatoms. The molecule has 0 aromatic heterocycles. The average molecular weight is 524 g/mol. The molecule has 0 saturated heterocycles. The van der Waals surface area contributed by atoms with Gasteiger partial charge in [0.2, 0.25) is 15.9 Å². The van der Waals surface area contributed by atoms with Crippen LogP contribution < -0.4 is 14.3 Å². The Morgan fingerprint density at radius 3 is 2.11 bits per heavy atom. The van der Waals surface area contributed by atoms with E-state index in [0.717, 1.165) is 26.9 Å². The van der Waals surface area contributed by atoms with E-state index in [4.69, 9.17) is 0 Å². The number of carbonyl (C=O) groups excluding carboxylic acids is 1. The van der Waals surface area contributed by atoms with Crippen molar-refractivity contribution in [3.05, 3.63) is 96.6 Å². The summed E-state index contributed by atoms with van der Waals surface area (Å²) in [4.78, 5) is 12.6. The highest BCUT2D eigenvalue weighted by Crippen LogP contribution is 2.26. The van der Waals surface area contributed by atoms with Crippen molar-refractivity contribution < 1.29 is 21.6 Å². The molecule has 4 rings (SSSR count). The number of aryl methyl sites for hydroxylation is 1. The number of nitrogens with zero attached hydrogens (tertiary/aromatic N) is 1. The predicted molar refractivity (Wildman–Crippen MR) is 143 cm³/mol. The summed E-state index contributed by atoms with van der Waals surface area (Å²) in [6, 6.07) is 25.2. The number of nitrogens with one attached hydrogen (secondary N) is 2. The highest BCUT2D eigenvalue weighted by Gasteiger charge is 2.21. The van der Waals surface area contributed by atoms with Gasteiger partial charge in [0.25, 0.3) is 10.0 Å². The molecule has 4 aromatic carbocycles. The van der Waals surface area contributed by atoms with Crippen LogP contribution in [0.3, 0.4) is 0 Å². The highest BCUT2D eigenvalue weighted by atomic mass is 32.2. The predicted octanol–water partition coefficient (Wildman–Crippen LogP) is 4.35. The number of carbonyl (C=O) groups is 1. The molecule has 4 aromatic rings. The van der Waals surface area contributed by atoms with Crippen LogP contribution in [0.25, 0.3) is 10.8 Å². The topological polar surface area (TPSA) is 113 Å². The largest absolute Gasteiger partial charge is 0.325 e.